The number of nitrogens with one attached hydrogen (secondary N) is 1. The number of anilines is 1. The number of aromatic nitrogens is 2. The van der Waals surface area contributed by atoms with E-state index in [2.05, 4.69) is 10.3 Å². The van der Waals surface area contributed by atoms with Crippen LogP contribution in [0.4, 0.5) is 5.69 Å². The Hall–Kier alpha value is -2.86. The van der Waals surface area contributed by atoms with Gasteiger partial charge in [0.2, 0.25) is 5.91 Å². The zero-order chi connectivity index (χ0) is 18.7. The first-order valence-electron chi connectivity index (χ1n) is 8.14. The van der Waals surface area contributed by atoms with Crippen molar-refractivity contribution in [3.63, 3.8) is 0 Å². The zero-order valence-corrected chi connectivity index (χ0v) is 15.2. The average molecular weight is 372 g/mol. The van der Waals surface area contributed by atoms with Crippen LogP contribution in [0.1, 0.15) is 19.5 Å². The number of carbonyl (C=O) groups is 1. The number of hydrogen-bond acceptors (Lipinski definition) is 4. The summed E-state index contributed by atoms with van der Waals surface area (Å²) in [4.78, 5) is 28.3. The second-order valence-electron chi connectivity index (χ2n) is 6.12. The molecular formula is C19H18ClN3O3. The molecule has 1 amide bonds. The van der Waals surface area contributed by atoms with E-state index in [0.717, 1.165) is 0 Å². The third-order valence-electron chi connectivity index (χ3n) is 3.69. The van der Waals surface area contributed by atoms with Crippen molar-refractivity contribution in [1.82, 2.24) is 9.38 Å². The van der Waals surface area contributed by atoms with E-state index < -0.39 is 0 Å². The number of amides is 1. The van der Waals surface area contributed by atoms with Crippen molar-refractivity contribution in [3.8, 4) is 5.75 Å². The summed E-state index contributed by atoms with van der Waals surface area (Å²) in [7, 11) is 0. The molecule has 0 atom stereocenters. The summed E-state index contributed by atoms with van der Waals surface area (Å²) in [6.07, 6.45) is 1.53. The molecule has 0 aliphatic heterocycles. The maximum atomic E-state index is 12.2. The summed E-state index contributed by atoms with van der Waals surface area (Å²) in [6.45, 7) is 3.79. The van der Waals surface area contributed by atoms with Crippen LogP contribution >= 0.6 is 11.6 Å². The molecular weight excluding hydrogens is 354 g/mol. The molecule has 0 fully saturated rings. The van der Waals surface area contributed by atoms with Gasteiger partial charge in [0.05, 0.1) is 10.7 Å². The number of hydrogen-bond donors (Lipinski definition) is 1. The van der Waals surface area contributed by atoms with Crippen molar-refractivity contribution >= 4 is 28.8 Å². The topological polar surface area (TPSA) is 72.7 Å². The minimum atomic E-state index is -0.228. The minimum Gasteiger partial charge on any atom is -0.487 e. The van der Waals surface area contributed by atoms with Gasteiger partial charge in [-0.3, -0.25) is 14.0 Å². The SMILES string of the molecule is CC(C)C(=O)Nc1cccc(OCc2cc(=O)n3cc(Cl)ccc3n2)c1. The molecule has 0 radical (unpaired) electrons. The lowest BCUT2D eigenvalue weighted by Crippen LogP contribution is -2.17. The highest BCUT2D eigenvalue weighted by Crippen LogP contribution is 2.19. The molecule has 0 aliphatic rings. The third kappa shape index (κ3) is 4.21. The number of carbonyl (C=O) groups excluding carboxylic acids is 1. The van der Waals surface area contributed by atoms with Crippen molar-refractivity contribution < 1.29 is 9.53 Å². The van der Waals surface area contributed by atoms with E-state index in [1.807, 2.05) is 13.8 Å². The molecule has 0 bridgehead atoms. The van der Waals surface area contributed by atoms with Crippen molar-refractivity contribution in [2.75, 3.05) is 5.32 Å². The fraction of sp³-hybridized carbons (Fsp3) is 0.211. The van der Waals surface area contributed by atoms with Gasteiger partial charge in [0.1, 0.15) is 18.0 Å². The average Bonchev–Trinajstić information content (AvgIpc) is 2.61. The van der Waals surface area contributed by atoms with E-state index in [1.54, 1.807) is 36.4 Å². The van der Waals surface area contributed by atoms with Crippen molar-refractivity contribution in [1.29, 1.82) is 0 Å². The second-order valence-corrected chi connectivity index (χ2v) is 6.56. The number of nitrogens with zero attached hydrogens (tertiary/aromatic N) is 2. The van der Waals surface area contributed by atoms with Gasteiger partial charge >= 0.3 is 0 Å². The van der Waals surface area contributed by atoms with Gasteiger partial charge in [-0.2, -0.15) is 0 Å². The van der Waals surface area contributed by atoms with E-state index in [4.69, 9.17) is 16.3 Å². The fourth-order valence-electron chi connectivity index (χ4n) is 2.31. The molecule has 0 saturated heterocycles. The lowest BCUT2D eigenvalue weighted by Gasteiger charge is -2.10. The Morgan fingerprint density at radius 1 is 1.27 bits per heavy atom. The Morgan fingerprint density at radius 3 is 2.85 bits per heavy atom. The number of benzene rings is 1. The Labute approximate surface area is 155 Å². The van der Waals surface area contributed by atoms with E-state index in [1.165, 1.54) is 16.7 Å². The summed E-state index contributed by atoms with van der Waals surface area (Å²) in [6, 6.07) is 11.8. The molecule has 2 aromatic heterocycles. The Morgan fingerprint density at radius 2 is 2.08 bits per heavy atom. The predicted molar refractivity (Wildman–Crippen MR) is 101 cm³/mol. The molecule has 1 N–H and O–H groups in total. The molecule has 2 heterocycles. The molecule has 1 aromatic carbocycles. The minimum absolute atomic E-state index is 0.0648. The van der Waals surface area contributed by atoms with Crippen LogP contribution in [0.5, 0.6) is 5.75 Å². The van der Waals surface area contributed by atoms with Crippen LogP contribution in [0.25, 0.3) is 5.65 Å². The summed E-state index contributed by atoms with van der Waals surface area (Å²) in [5.41, 5.74) is 1.43. The van der Waals surface area contributed by atoms with Gasteiger partial charge in [0.25, 0.3) is 5.56 Å². The maximum Gasteiger partial charge on any atom is 0.258 e. The Bertz CT molecular complexity index is 1010. The Balaban J connectivity index is 1.75. The molecule has 26 heavy (non-hydrogen) atoms. The molecule has 0 spiro atoms. The lowest BCUT2D eigenvalue weighted by molar-refractivity contribution is -0.118. The number of pyridine rings is 1. The van der Waals surface area contributed by atoms with Gasteiger partial charge < -0.3 is 10.1 Å². The maximum absolute atomic E-state index is 12.2. The van der Waals surface area contributed by atoms with Crippen LogP contribution in [-0.2, 0) is 11.4 Å². The zero-order valence-electron chi connectivity index (χ0n) is 14.4. The van der Waals surface area contributed by atoms with Crippen LogP contribution in [0, 0.1) is 5.92 Å². The molecule has 7 heteroatoms. The summed E-state index contributed by atoms with van der Waals surface area (Å²) in [5.74, 6) is 0.401. The largest absolute Gasteiger partial charge is 0.487 e. The first-order chi connectivity index (χ1) is 12.4. The summed E-state index contributed by atoms with van der Waals surface area (Å²) >= 11 is 5.90. The van der Waals surface area contributed by atoms with Crippen LogP contribution in [-0.4, -0.2) is 15.3 Å². The monoisotopic (exact) mass is 371 g/mol. The van der Waals surface area contributed by atoms with Crippen molar-refractivity contribution in [2.24, 2.45) is 5.92 Å². The van der Waals surface area contributed by atoms with E-state index in [-0.39, 0.29) is 24.0 Å². The third-order valence-corrected chi connectivity index (χ3v) is 3.91. The quantitative estimate of drug-likeness (QED) is 0.744. The molecule has 0 unspecified atom stereocenters. The van der Waals surface area contributed by atoms with E-state index >= 15 is 0 Å². The van der Waals surface area contributed by atoms with Crippen molar-refractivity contribution in [2.45, 2.75) is 20.5 Å². The summed E-state index contributed by atoms with van der Waals surface area (Å²) < 4.78 is 7.10. The molecule has 3 aromatic rings. The normalized spacial score (nSPS) is 10.9. The van der Waals surface area contributed by atoms with E-state index in [9.17, 15) is 9.59 Å². The fourth-order valence-corrected chi connectivity index (χ4v) is 2.47. The lowest BCUT2D eigenvalue weighted by atomic mass is 10.2. The highest BCUT2D eigenvalue weighted by molar-refractivity contribution is 6.30. The number of fused-ring (bicyclic) bond motifs is 1. The van der Waals surface area contributed by atoms with E-state index in [0.29, 0.717) is 27.8 Å². The smallest absolute Gasteiger partial charge is 0.258 e. The highest BCUT2D eigenvalue weighted by Gasteiger charge is 2.08. The van der Waals surface area contributed by atoms with Crippen LogP contribution in [0.2, 0.25) is 5.02 Å². The van der Waals surface area contributed by atoms with Gasteiger partial charge in [-0.25, -0.2) is 4.98 Å². The van der Waals surface area contributed by atoms with Gasteiger partial charge in [0.15, 0.2) is 0 Å². The standard InChI is InChI=1S/C19H18ClN3O3/c1-12(2)19(25)22-14-4-3-5-16(8-14)26-11-15-9-18(24)23-10-13(20)6-7-17(23)21-15/h3-10,12H,11H2,1-2H3,(H,22,25). The van der Waals surface area contributed by atoms with Gasteiger partial charge in [-0.05, 0) is 24.3 Å². The first-order valence-corrected chi connectivity index (χ1v) is 8.52. The Kier molecular flexibility index (Phi) is 5.23. The molecule has 0 saturated carbocycles. The summed E-state index contributed by atoms with van der Waals surface area (Å²) in [5, 5.41) is 3.28. The molecule has 134 valence electrons. The van der Waals surface area contributed by atoms with Crippen molar-refractivity contribution in [3.05, 3.63) is 69.7 Å². The number of halogens is 1. The number of ether oxygens (including phenoxy) is 1. The molecule has 6 nitrogen and oxygen atoms in total. The highest BCUT2D eigenvalue weighted by atomic mass is 35.5. The van der Waals surface area contributed by atoms with Gasteiger partial charge in [-0.1, -0.05) is 31.5 Å². The van der Waals surface area contributed by atoms with Gasteiger partial charge in [0, 0.05) is 29.9 Å². The second kappa shape index (κ2) is 7.58. The molecule has 3 rings (SSSR count). The predicted octanol–water partition coefficient (Wildman–Crippen LogP) is 3.52. The van der Waals surface area contributed by atoms with Crippen LogP contribution in [0.3, 0.4) is 0 Å². The van der Waals surface area contributed by atoms with Crippen LogP contribution in [0.15, 0.2) is 53.5 Å². The van der Waals surface area contributed by atoms with Crippen LogP contribution < -0.4 is 15.6 Å². The molecule has 0 aliphatic carbocycles. The van der Waals surface area contributed by atoms with Gasteiger partial charge in [-0.15, -0.1) is 0 Å². The first kappa shape index (κ1) is 17.9. The number of rotatable bonds is 5.